The number of hydrogen-bond acceptors (Lipinski definition) is 3. The minimum atomic E-state index is -0.639. The number of nitrogens with two attached hydrogens (primary N) is 2. The largest absolute Gasteiger partial charge is 0.471 e. The number of amides is 1. The quantitative estimate of drug-likeness (QED) is 0.131. The summed E-state index contributed by atoms with van der Waals surface area (Å²) in [6, 6.07) is 0. The summed E-state index contributed by atoms with van der Waals surface area (Å²) in [4.78, 5) is 9.09. The molecule has 146 valence electrons. The Bertz CT molecular complexity index is 292. The number of thiocarbonyl (C=S) groups is 1. The number of unbranched alkanes of at least 4 members (excludes halogenated alkanes) is 13. The molecule has 7 heteroatoms. The van der Waals surface area contributed by atoms with Crippen molar-refractivity contribution in [1.82, 2.24) is 0 Å². The molecule has 4 nitrogen and oxygen atoms in total. The van der Waals surface area contributed by atoms with Crippen LogP contribution in [-0.2, 0) is 24.2 Å². The van der Waals surface area contributed by atoms with Crippen molar-refractivity contribution in [2.75, 3.05) is 6.61 Å². The van der Waals surface area contributed by atoms with Gasteiger partial charge in [-0.25, -0.2) is 0 Å². The summed E-state index contributed by atoms with van der Waals surface area (Å²) in [5.74, 6) is 0. The van der Waals surface area contributed by atoms with Gasteiger partial charge in [0.15, 0.2) is 0 Å². The zero-order valence-electron chi connectivity index (χ0n) is 16.1. The predicted molar refractivity (Wildman–Crippen MR) is 112 cm³/mol. The average molecular weight is 444 g/mol. The zero-order chi connectivity index (χ0) is 18.5. The van der Waals surface area contributed by atoms with E-state index in [4.69, 9.17) is 15.3 Å². The number of carbonyl (C=O) groups excluding carboxylic acids is 1. The Kier molecular flexibility index (Phi) is 31.5. The maximum atomic E-state index is 9.09. The summed E-state index contributed by atoms with van der Waals surface area (Å²) in [6.07, 6.45) is 19.2. The number of primary amides is 1. The van der Waals surface area contributed by atoms with Crippen LogP contribution in [0.1, 0.15) is 96.8 Å². The SMILES string of the molecule is CCCCCCCCCCCCCCCCOC(N)=S.NC(=O)S.[Zn]. The topological polar surface area (TPSA) is 78.3 Å². The van der Waals surface area contributed by atoms with E-state index in [1.54, 1.807) is 0 Å². The van der Waals surface area contributed by atoms with Gasteiger partial charge in [0.2, 0.25) is 0 Å². The van der Waals surface area contributed by atoms with Gasteiger partial charge in [0.25, 0.3) is 10.4 Å². The number of thiol groups is 1. The molecular weight excluding hydrogens is 406 g/mol. The van der Waals surface area contributed by atoms with E-state index in [9.17, 15) is 0 Å². The van der Waals surface area contributed by atoms with Gasteiger partial charge in [-0.15, -0.1) is 0 Å². The molecule has 0 aliphatic heterocycles. The Hall–Kier alpha value is 0.133. The van der Waals surface area contributed by atoms with Gasteiger partial charge in [-0.1, -0.05) is 103 Å². The first-order valence-electron chi connectivity index (χ1n) is 9.41. The Morgan fingerprint density at radius 1 is 0.800 bits per heavy atom. The summed E-state index contributed by atoms with van der Waals surface area (Å²) >= 11 is 7.76. The van der Waals surface area contributed by atoms with Gasteiger partial charge in [0.05, 0.1) is 6.61 Å². The zero-order valence-corrected chi connectivity index (χ0v) is 20.8. The third-order valence-electron chi connectivity index (χ3n) is 3.74. The van der Waals surface area contributed by atoms with E-state index < -0.39 is 5.24 Å². The van der Waals surface area contributed by atoms with Gasteiger partial charge in [0.1, 0.15) is 0 Å². The molecule has 0 atom stereocenters. The van der Waals surface area contributed by atoms with Crippen LogP contribution in [0.15, 0.2) is 0 Å². The van der Waals surface area contributed by atoms with Gasteiger partial charge < -0.3 is 16.2 Å². The molecule has 4 N–H and O–H groups in total. The number of ether oxygens (including phenoxy) is 1. The summed E-state index contributed by atoms with van der Waals surface area (Å²) in [5.41, 5.74) is 9.59. The van der Waals surface area contributed by atoms with Crippen molar-refractivity contribution in [2.24, 2.45) is 11.5 Å². The molecule has 0 unspecified atom stereocenters. The summed E-state index contributed by atoms with van der Waals surface area (Å²) in [7, 11) is 0. The first kappa shape index (κ1) is 29.9. The van der Waals surface area contributed by atoms with E-state index in [-0.39, 0.29) is 24.7 Å². The van der Waals surface area contributed by atoms with Crippen molar-refractivity contribution in [3.05, 3.63) is 0 Å². The predicted octanol–water partition coefficient (Wildman–Crippen LogP) is 5.72. The molecule has 0 saturated heterocycles. The third kappa shape index (κ3) is 40.3. The maximum absolute atomic E-state index is 9.09. The molecule has 0 heterocycles. The molecule has 0 aliphatic carbocycles. The Labute approximate surface area is 178 Å². The number of rotatable bonds is 15. The molecule has 0 rings (SSSR count). The van der Waals surface area contributed by atoms with Gasteiger partial charge in [0, 0.05) is 19.5 Å². The smallest absolute Gasteiger partial charge is 0.273 e. The van der Waals surface area contributed by atoms with Crippen molar-refractivity contribution in [3.63, 3.8) is 0 Å². The molecule has 0 spiro atoms. The van der Waals surface area contributed by atoms with E-state index in [1.807, 2.05) is 0 Å². The molecule has 0 saturated carbocycles. The van der Waals surface area contributed by atoms with E-state index in [0.29, 0.717) is 6.61 Å². The summed E-state index contributed by atoms with van der Waals surface area (Å²) in [5, 5.41) is -0.459. The minimum Gasteiger partial charge on any atom is -0.471 e. The fourth-order valence-electron chi connectivity index (χ4n) is 2.47. The second-order valence-electron chi connectivity index (χ2n) is 6.10. The third-order valence-corrected chi connectivity index (χ3v) is 3.86. The van der Waals surface area contributed by atoms with Crippen molar-refractivity contribution >= 4 is 35.3 Å². The standard InChI is InChI=1S/C17H35NOS.CH3NOS.Zn/c1-2-3-4-5-6-7-8-9-10-11-12-13-14-15-16-19-17(18)20;2-1(3)4;/h2-16H2,1H3,(H2,18,20);(H3,2,3,4);. The molecule has 0 radical (unpaired) electrons. The van der Waals surface area contributed by atoms with Crippen LogP contribution < -0.4 is 11.5 Å². The van der Waals surface area contributed by atoms with E-state index in [2.05, 4.69) is 37.5 Å². The van der Waals surface area contributed by atoms with E-state index in [0.717, 1.165) is 6.42 Å². The Morgan fingerprint density at radius 3 is 1.36 bits per heavy atom. The number of hydrogen-bond donors (Lipinski definition) is 3. The van der Waals surface area contributed by atoms with Crippen LogP contribution in [0, 0.1) is 0 Å². The molecule has 0 aromatic heterocycles. The van der Waals surface area contributed by atoms with Gasteiger partial charge >= 0.3 is 0 Å². The fraction of sp³-hybridized carbons (Fsp3) is 0.889. The normalized spacial score (nSPS) is 9.52. The second-order valence-corrected chi connectivity index (χ2v) is 6.95. The minimum absolute atomic E-state index is 0. The van der Waals surface area contributed by atoms with Crippen molar-refractivity contribution < 1.29 is 29.0 Å². The molecule has 0 fully saturated rings. The maximum Gasteiger partial charge on any atom is 0.273 e. The van der Waals surface area contributed by atoms with Gasteiger partial charge in [-0.2, -0.15) is 0 Å². The number of carbonyl (C=O) groups is 1. The van der Waals surface area contributed by atoms with Crippen LogP contribution in [0.2, 0.25) is 0 Å². The van der Waals surface area contributed by atoms with Crippen molar-refractivity contribution in [2.45, 2.75) is 96.8 Å². The van der Waals surface area contributed by atoms with E-state index >= 15 is 0 Å². The molecule has 0 aromatic carbocycles. The molecule has 0 bridgehead atoms. The van der Waals surface area contributed by atoms with E-state index in [1.165, 1.54) is 83.5 Å². The van der Waals surface area contributed by atoms with Crippen molar-refractivity contribution in [1.29, 1.82) is 0 Å². The van der Waals surface area contributed by atoms with Crippen LogP contribution in [0.4, 0.5) is 4.79 Å². The average Bonchev–Trinajstić information content (AvgIpc) is 2.50. The molecule has 1 amide bonds. The van der Waals surface area contributed by atoms with Crippen LogP contribution in [0.5, 0.6) is 0 Å². The second kappa shape index (κ2) is 26.4. The van der Waals surface area contributed by atoms with Crippen molar-refractivity contribution in [3.8, 4) is 0 Å². The summed E-state index contributed by atoms with van der Waals surface area (Å²) in [6.45, 7) is 2.97. The van der Waals surface area contributed by atoms with Crippen LogP contribution in [-0.4, -0.2) is 17.0 Å². The molecule has 0 aromatic rings. The monoisotopic (exact) mass is 442 g/mol. The Morgan fingerprint density at radius 2 is 1.08 bits per heavy atom. The van der Waals surface area contributed by atoms with Gasteiger partial charge in [-0.3, -0.25) is 4.79 Å². The molecule has 0 aliphatic rings. The first-order chi connectivity index (χ1) is 11.5. The Balaban J connectivity index is -0.000000867. The first-order valence-corrected chi connectivity index (χ1v) is 10.3. The molecular formula is C18H38N2O2S2Zn. The van der Waals surface area contributed by atoms with Crippen LogP contribution in [0.3, 0.4) is 0 Å². The summed E-state index contributed by atoms with van der Waals surface area (Å²) < 4.78 is 5.06. The van der Waals surface area contributed by atoms with Gasteiger partial charge in [-0.05, 0) is 18.6 Å². The van der Waals surface area contributed by atoms with Crippen LogP contribution in [0.25, 0.3) is 0 Å². The fourth-order valence-corrected chi connectivity index (χ4v) is 2.55. The van der Waals surface area contributed by atoms with Crippen LogP contribution >= 0.6 is 24.8 Å². The molecule has 25 heavy (non-hydrogen) atoms.